The number of carbonyl (C=O) groups excluding carboxylic acids is 2. The summed E-state index contributed by atoms with van der Waals surface area (Å²) >= 11 is 0. The van der Waals surface area contributed by atoms with Crippen LogP contribution in [0.3, 0.4) is 0 Å². The second-order valence-corrected chi connectivity index (χ2v) is 10.1. The van der Waals surface area contributed by atoms with Gasteiger partial charge in [0.1, 0.15) is 0 Å². The zero-order valence-corrected chi connectivity index (χ0v) is 18.4. The van der Waals surface area contributed by atoms with E-state index in [9.17, 15) is 18.0 Å². The molecule has 2 aromatic rings. The van der Waals surface area contributed by atoms with E-state index in [0.29, 0.717) is 38.0 Å². The lowest BCUT2D eigenvalue weighted by Crippen LogP contribution is -2.43. The number of nitrogens with zero attached hydrogens (tertiary/aromatic N) is 1. The van der Waals surface area contributed by atoms with E-state index in [1.807, 2.05) is 13.0 Å². The van der Waals surface area contributed by atoms with Crippen molar-refractivity contribution in [3.63, 3.8) is 0 Å². The fourth-order valence-electron chi connectivity index (χ4n) is 4.14. The van der Waals surface area contributed by atoms with Crippen LogP contribution in [0.15, 0.2) is 47.4 Å². The van der Waals surface area contributed by atoms with Crippen molar-refractivity contribution in [2.75, 3.05) is 25.0 Å². The van der Waals surface area contributed by atoms with Crippen LogP contribution in [0.2, 0.25) is 0 Å². The quantitative estimate of drug-likeness (QED) is 0.746. The Balaban J connectivity index is 1.39. The highest BCUT2D eigenvalue weighted by molar-refractivity contribution is 7.89. The van der Waals surface area contributed by atoms with E-state index in [1.54, 1.807) is 41.3 Å². The summed E-state index contributed by atoms with van der Waals surface area (Å²) in [5.74, 6) is 0.0131. The van der Waals surface area contributed by atoms with Crippen LogP contribution in [-0.4, -0.2) is 44.8 Å². The van der Waals surface area contributed by atoms with Gasteiger partial charge in [0, 0.05) is 37.3 Å². The van der Waals surface area contributed by atoms with Gasteiger partial charge in [0.05, 0.1) is 4.90 Å². The number of hydrogen-bond acceptors (Lipinski definition) is 4. The predicted octanol–water partition coefficient (Wildman–Crippen LogP) is 2.71. The number of sulfonamides is 1. The Morgan fingerprint density at radius 2 is 1.94 bits per heavy atom. The van der Waals surface area contributed by atoms with Crippen LogP contribution in [-0.2, 0) is 21.2 Å². The predicted molar refractivity (Wildman–Crippen MR) is 118 cm³/mol. The van der Waals surface area contributed by atoms with Crippen LogP contribution in [0.5, 0.6) is 0 Å². The van der Waals surface area contributed by atoms with Gasteiger partial charge < -0.3 is 10.2 Å². The maximum absolute atomic E-state index is 13.0. The largest absolute Gasteiger partial charge is 0.338 e. The Labute approximate surface area is 182 Å². The minimum Gasteiger partial charge on any atom is -0.338 e. The van der Waals surface area contributed by atoms with Gasteiger partial charge in [0.2, 0.25) is 15.9 Å². The summed E-state index contributed by atoms with van der Waals surface area (Å²) < 4.78 is 27.8. The van der Waals surface area contributed by atoms with Gasteiger partial charge in [-0.25, -0.2) is 13.1 Å². The highest BCUT2D eigenvalue weighted by Gasteiger charge is 2.27. The summed E-state index contributed by atoms with van der Waals surface area (Å²) in [6.07, 6.45) is 2.77. The van der Waals surface area contributed by atoms with Crippen molar-refractivity contribution in [2.45, 2.75) is 37.5 Å². The summed E-state index contributed by atoms with van der Waals surface area (Å²) in [4.78, 5) is 26.6. The number of carbonyl (C=O) groups is 2. The SMILES string of the molecule is Cc1ccc(S(=O)(=O)NCC2CCCN(C(=O)c3ccc4c(c3)CCC(=O)N4)C2)cc1. The number of piperidine rings is 1. The number of hydrogen-bond donors (Lipinski definition) is 2. The summed E-state index contributed by atoms with van der Waals surface area (Å²) in [5, 5.41) is 2.83. The van der Waals surface area contributed by atoms with Gasteiger partial charge >= 0.3 is 0 Å². The van der Waals surface area contributed by atoms with Crippen molar-refractivity contribution in [2.24, 2.45) is 5.92 Å². The van der Waals surface area contributed by atoms with Gasteiger partial charge in [-0.1, -0.05) is 17.7 Å². The fourth-order valence-corrected chi connectivity index (χ4v) is 5.26. The molecule has 7 nitrogen and oxygen atoms in total. The Morgan fingerprint density at radius 1 is 1.16 bits per heavy atom. The van der Waals surface area contributed by atoms with E-state index >= 15 is 0 Å². The van der Waals surface area contributed by atoms with Crippen molar-refractivity contribution in [1.29, 1.82) is 0 Å². The molecule has 31 heavy (non-hydrogen) atoms. The molecular formula is C23H27N3O4S. The van der Waals surface area contributed by atoms with Crippen LogP contribution in [0.25, 0.3) is 0 Å². The topological polar surface area (TPSA) is 95.6 Å². The molecule has 1 saturated heterocycles. The molecule has 2 heterocycles. The number of benzene rings is 2. The Hall–Kier alpha value is -2.71. The minimum atomic E-state index is -3.57. The van der Waals surface area contributed by atoms with E-state index in [2.05, 4.69) is 10.0 Å². The molecule has 1 fully saturated rings. The second kappa shape index (κ2) is 8.80. The fraction of sp³-hybridized carbons (Fsp3) is 0.391. The third-order valence-electron chi connectivity index (χ3n) is 5.95. The normalized spacial score (nSPS) is 18.9. The average molecular weight is 442 g/mol. The van der Waals surface area contributed by atoms with Gasteiger partial charge in [-0.2, -0.15) is 0 Å². The van der Waals surface area contributed by atoms with Crippen LogP contribution in [0.4, 0.5) is 5.69 Å². The van der Waals surface area contributed by atoms with Crippen LogP contribution in [0.1, 0.15) is 40.7 Å². The molecule has 2 aromatic carbocycles. The van der Waals surface area contributed by atoms with Crippen LogP contribution >= 0.6 is 0 Å². The van der Waals surface area contributed by atoms with Crippen LogP contribution < -0.4 is 10.0 Å². The summed E-state index contributed by atoms with van der Waals surface area (Å²) in [6, 6.07) is 12.2. The van der Waals surface area contributed by atoms with E-state index < -0.39 is 10.0 Å². The molecule has 2 aliphatic rings. The molecule has 2 N–H and O–H groups in total. The van der Waals surface area contributed by atoms with Crippen molar-refractivity contribution in [3.8, 4) is 0 Å². The number of anilines is 1. The monoisotopic (exact) mass is 441 g/mol. The number of amides is 2. The lowest BCUT2D eigenvalue weighted by atomic mass is 9.96. The number of likely N-dealkylation sites (tertiary alicyclic amines) is 1. The first-order chi connectivity index (χ1) is 14.8. The van der Waals surface area contributed by atoms with E-state index in [0.717, 1.165) is 29.7 Å². The molecule has 2 amide bonds. The molecule has 1 unspecified atom stereocenters. The molecule has 4 rings (SSSR count). The minimum absolute atomic E-state index is 0.00135. The molecule has 1 atom stereocenters. The molecular weight excluding hydrogens is 414 g/mol. The lowest BCUT2D eigenvalue weighted by molar-refractivity contribution is -0.116. The maximum atomic E-state index is 13.0. The van der Waals surface area contributed by atoms with E-state index in [1.165, 1.54) is 0 Å². The summed E-state index contributed by atoms with van der Waals surface area (Å²) in [5.41, 5.74) is 3.36. The molecule has 0 aliphatic carbocycles. The summed E-state index contributed by atoms with van der Waals surface area (Å²) in [7, 11) is -3.57. The molecule has 8 heteroatoms. The van der Waals surface area contributed by atoms with Crippen molar-refractivity contribution in [3.05, 3.63) is 59.2 Å². The maximum Gasteiger partial charge on any atom is 0.253 e. The van der Waals surface area contributed by atoms with Gasteiger partial charge in [-0.05, 0) is 68.0 Å². The smallest absolute Gasteiger partial charge is 0.253 e. The molecule has 0 saturated carbocycles. The third-order valence-corrected chi connectivity index (χ3v) is 7.39. The number of nitrogens with one attached hydrogen (secondary N) is 2. The van der Waals surface area contributed by atoms with Gasteiger partial charge in [-0.3, -0.25) is 9.59 Å². The van der Waals surface area contributed by atoms with Crippen molar-refractivity contribution < 1.29 is 18.0 Å². The van der Waals surface area contributed by atoms with Gasteiger partial charge in [0.25, 0.3) is 5.91 Å². The Morgan fingerprint density at radius 3 is 2.71 bits per heavy atom. The zero-order chi connectivity index (χ0) is 22.0. The van der Waals surface area contributed by atoms with E-state index in [-0.39, 0.29) is 22.6 Å². The van der Waals surface area contributed by atoms with Crippen molar-refractivity contribution >= 4 is 27.5 Å². The molecule has 164 valence electrons. The standard InChI is InChI=1S/C23H27N3O4S/c1-16-4-8-20(9-5-16)31(29,30)24-14-17-3-2-12-26(15-17)23(28)19-6-10-21-18(13-19)7-11-22(27)25-21/h4-6,8-10,13,17,24H,2-3,7,11-12,14-15H2,1H3,(H,25,27). The first kappa shape index (κ1) is 21.5. The molecule has 0 bridgehead atoms. The number of rotatable bonds is 5. The van der Waals surface area contributed by atoms with Gasteiger partial charge in [-0.15, -0.1) is 0 Å². The molecule has 2 aliphatic heterocycles. The third kappa shape index (κ3) is 4.97. The Bertz CT molecular complexity index is 1100. The van der Waals surface area contributed by atoms with Crippen LogP contribution in [0, 0.1) is 12.8 Å². The highest BCUT2D eigenvalue weighted by Crippen LogP contribution is 2.25. The highest BCUT2D eigenvalue weighted by atomic mass is 32.2. The molecule has 0 radical (unpaired) electrons. The van der Waals surface area contributed by atoms with E-state index in [4.69, 9.17) is 0 Å². The first-order valence-electron chi connectivity index (χ1n) is 10.6. The second-order valence-electron chi connectivity index (χ2n) is 8.34. The molecule has 0 spiro atoms. The average Bonchev–Trinajstić information content (AvgIpc) is 2.77. The zero-order valence-electron chi connectivity index (χ0n) is 17.6. The number of fused-ring (bicyclic) bond motifs is 1. The van der Waals surface area contributed by atoms with Gasteiger partial charge in [0.15, 0.2) is 0 Å². The molecule has 0 aromatic heterocycles. The lowest BCUT2D eigenvalue weighted by Gasteiger charge is -2.33. The first-order valence-corrected chi connectivity index (χ1v) is 12.1. The summed E-state index contributed by atoms with van der Waals surface area (Å²) in [6.45, 7) is 3.39. The Kier molecular flexibility index (Phi) is 6.11. The number of aryl methyl sites for hydroxylation is 2. The van der Waals surface area contributed by atoms with Crippen molar-refractivity contribution in [1.82, 2.24) is 9.62 Å².